The third-order valence-electron chi connectivity index (χ3n) is 3.20. The molecule has 0 aliphatic carbocycles. The number of aromatic nitrogens is 1. The minimum Gasteiger partial charge on any atom is -0.330 e. The first-order chi connectivity index (χ1) is 8.74. The minimum absolute atomic E-state index is 0.118. The van der Waals surface area contributed by atoms with Crippen LogP contribution in [-0.4, -0.2) is 15.8 Å². The normalized spacial score (nSPS) is 13.8. The van der Waals surface area contributed by atoms with Crippen molar-refractivity contribution < 1.29 is 4.79 Å². The Balaban J connectivity index is 1.83. The maximum atomic E-state index is 12.2. The number of carbonyl (C=O) groups excluding carboxylic acids is 1. The van der Waals surface area contributed by atoms with E-state index < -0.39 is 0 Å². The summed E-state index contributed by atoms with van der Waals surface area (Å²) in [5.74, 6) is 0.118. The first-order valence-electron chi connectivity index (χ1n) is 6.02. The third-order valence-corrected chi connectivity index (χ3v) is 3.20. The molecular formula is C15H14N2O. The van der Waals surface area contributed by atoms with Gasteiger partial charge in [0.25, 0.3) is 5.91 Å². The van der Waals surface area contributed by atoms with Gasteiger partial charge < -0.3 is 4.90 Å². The zero-order chi connectivity index (χ0) is 12.5. The zero-order valence-electron chi connectivity index (χ0n) is 10.3. The summed E-state index contributed by atoms with van der Waals surface area (Å²) in [5.41, 5.74) is 4.15. The van der Waals surface area contributed by atoms with Gasteiger partial charge in [0.1, 0.15) is 0 Å². The van der Waals surface area contributed by atoms with Gasteiger partial charge in [0.2, 0.25) is 0 Å². The molecule has 1 amide bonds. The standard InChI is InChI=1S/C15H14N2O/c1-11-6-12(8-16-7-11)9-17-10-13-4-2-3-5-14(13)15(17)18/h2-8H,9-10H2,1H3. The molecule has 1 aromatic carbocycles. The number of nitrogens with zero attached hydrogens (tertiary/aromatic N) is 2. The van der Waals surface area contributed by atoms with Gasteiger partial charge in [0.15, 0.2) is 0 Å². The molecule has 0 saturated carbocycles. The van der Waals surface area contributed by atoms with Crippen LogP contribution in [0.25, 0.3) is 0 Å². The second kappa shape index (κ2) is 4.26. The zero-order valence-corrected chi connectivity index (χ0v) is 10.3. The highest BCUT2D eigenvalue weighted by Gasteiger charge is 2.26. The van der Waals surface area contributed by atoms with Gasteiger partial charge in [0, 0.05) is 31.0 Å². The smallest absolute Gasteiger partial charge is 0.254 e. The molecule has 2 aromatic rings. The second-order valence-electron chi connectivity index (χ2n) is 4.69. The Morgan fingerprint density at radius 2 is 2.11 bits per heavy atom. The SMILES string of the molecule is Cc1cncc(CN2Cc3ccccc3C2=O)c1. The summed E-state index contributed by atoms with van der Waals surface area (Å²) in [4.78, 5) is 18.2. The van der Waals surface area contributed by atoms with E-state index in [2.05, 4.69) is 11.1 Å². The van der Waals surface area contributed by atoms with Crippen molar-refractivity contribution in [2.45, 2.75) is 20.0 Å². The van der Waals surface area contributed by atoms with Crippen molar-refractivity contribution >= 4 is 5.91 Å². The van der Waals surface area contributed by atoms with Crippen molar-refractivity contribution in [3.63, 3.8) is 0 Å². The quantitative estimate of drug-likeness (QED) is 0.805. The van der Waals surface area contributed by atoms with Crippen LogP contribution in [0.2, 0.25) is 0 Å². The highest BCUT2D eigenvalue weighted by Crippen LogP contribution is 2.23. The number of aryl methyl sites for hydroxylation is 1. The fourth-order valence-corrected chi connectivity index (χ4v) is 2.37. The number of carbonyl (C=O) groups is 1. The fraction of sp³-hybridized carbons (Fsp3) is 0.200. The number of amides is 1. The lowest BCUT2D eigenvalue weighted by Gasteiger charge is -2.15. The molecule has 0 N–H and O–H groups in total. The van der Waals surface area contributed by atoms with Gasteiger partial charge in [-0.1, -0.05) is 24.3 Å². The van der Waals surface area contributed by atoms with Crippen molar-refractivity contribution in [3.8, 4) is 0 Å². The summed E-state index contributed by atoms with van der Waals surface area (Å²) in [5, 5.41) is 0. The molecule has 1 aliphatic heterocycles. The highest BCUT2D eigenvalue weighted by molar-refractivity contribution is 5.98. The summed E-state index contributed by atoms with van der Waals surface area (Å²) < 4.78 is 0. The Hall–Kier alpha value is -2.16. The molecule has 1 aromatic heterocycles. The van der Waals surface area contributed by atoms with E-state index in [0.717, 1.165) is 22.3 Å². The Kier molecular flexibility index (Phi) is 2.59. The van der Waals surface area contributed by atoms with Crippen LogP contribution in [0.4, 0.5) is 0 Å². The molecule has 2 heterocycles. The van der Waals surface area contributed by atoms with Crippen LogP contribution in [0.5, 0.6) is 0 Å². The largest absolute Gasteiger partial charge is 0.330 e. The van der Waals surface area contributed by atoms with Crippen LogP contribution in [0.3, 0.4) is 0 Å². The number of fused-ring (bicyclic) bond motifs is 1. The van der Waals surface area contributed by atoms with Crippen molar-refractivity contribution in [2.75, 3.05) is 0 Å². The highest BCUT2D eigenvalue weighted by atomic mass is 16.2. The molecule has 0 fully saturated rings. The molecule has 0 spiro atoms. The van der Waals surface area contributed by atoms with E-state index in [1.165, 1.54) is 0 Å². The molecule has 0 saturated heterocycles. The van der Waals surface area contributed by atoms with Gasteiger partial charge >= 0.3 is 0 Å². The number of rotatable bonds is 2. The molecule has 0 bridgehead atoms. The fourth-order valence-electron chi connectivity index (χ4n) is 2.37. The van der Waals surface area contributed by atoms with Crippen molar-refractivity contribution in [1.82, 2.24) is 9.88 Å². The van der Waals surface area contributed by atoms with E-state index in [-0.39, 0.29) is 5.91 Å². The first kappa shape index (κ1) is 11.0. The first-order valence-corrected chi connectivity index (χ1v) is 6.02. The maximum absolute atomic E-state index is 12.2. The van der Waals surface area contributed by atoms with Gasteiger partial charge in [-0.15, -0.1) is 0 Å². The van der Waals surface area contributed by atoms with Crippen molar-refractivity contribution in [1.29, 1.82) is 0 Å². The molecule has 90 valence electrons. The van der Waals surface area contributed by atoms with Crippen LogP contribution in [0.15, 0.2) is 42.7 Å². The number of hydrogen-bond acceptors (Lipinski definition) is 2. The summed E-state index contributed by atoms with van der Waals surface area (Å²) in [6.07, 6.45) is 3.65. The lowest BCUT2D eigenvalue weighted by Crippen LogP contribution is -2.23. The molecule has 0 atom stereocenters. The average Bonchev–Trinajstić information content (AvgIpc) is 2.67. The molecule has 3 nitrogen and oxygen atoms in total. The second-order valence-corrected chi connectivity index (χ2v) is 4.69. The lowest BCUT2D eigenvalue weighted by molar-refractivity contribution is 0.0766. The maximum Gasteiger partial charge on any atom is 0.254 e. The summed E-state index contributed by atoms with van der Waals surface area (Å²) in [6, 6.07) is 9.87. The molecule has 3 rings (SSSR count). The van der Waals surface area contributed by atoms with Gasteiger partial charge in [-0.3, -0.25) is 9.78 Å². The van der Waals surface area contributed by atoms with Crippen LogP contribution in [0, 0.1) is 6.92 Å². The van der Waals surface area contributed by atoms with Crippen LogP contribution >= 0.6 is 0 Å². The molecule has 0 unspecified atom stereocenters. The summed E-state index contributed by atoms with van der Waals surface area (Å²) in [6.45, 7) is 3.34. The molecule has 3 heteroatoms. The Morgan fingerprint density at radius 3 is 2.89 bits per heavy atom. The Bertz CT molecular complexity index is 607. The number of benzene rings is 1. The van der Waals surface area contributed by atoms with E-state index in [4.69, 9.17) is 0 Å². The van der Waals surface area contributed by atoms with E-state index in [0.29, 0.717) is 13.1 Å². The van der Waals surface area contributed by atoms with Gasteiger partial charge in [0.05, 0.1) is 0 Å². The summed E-state index contributed by atoms with van der Waals surface area (Å²) in [7, 11) is 0. The monoisotopic (exact) mass is 238 g/mol. The molecule has 18 heavy (non-hydrogen) atoms. The van der Waals surface area contributed by atoms with Crippen LogP contribution in [0.1, 0.15) is 27.0 Å². The molecule has 0 radical (unpaired) electrons. The molecule has 1 aliphatic rings. The Labute approximate surface area is 106 Å². The van der Waals surface area contributed by atoms with E-state index in [1.54, 1.807) is 0 Å². The average molecular weight is 238 g/mol. The van der Waals surface area contributed by atoms with Gasteiger partial charge in [-0.2, -0.15) is 0 Å². The third kappa shape index (κ3) is 1.88. The van der Waals surface area contributed by atoms with Gasteiger partial charge in [-0.25, -0.2) is 0 Å². The lowest BCUT2D eigenvalue weighted by atomic mass is 10.1. The topological polar surface area (TPSA) is 33.2 Å². The van der Waals surface area contributed by atoms with E-state index in [1.807, 2.05) is 48.5 Å². The van der Waals surface area contributed by atoms with Gasteiger partial charge in [-0.05, 0) is 29.7 Å². The number of pyridine rings is 1. The minimum atomic E-state index is 0.118. The van der Waals surface area contributed by atoms with Crippen molar-refractivity contribution in [3.05, 3.63) is 65.0 Å². The summed E-state index contributed by atoms with van der Waals surface area (Å²) >= 11 is 0. The predicted octanol–water partition coefficient (Wildman–Crippen LogP) is 2.55. The predicted molar refractivity (Wildman–Crippen MR) is 69.0 cm³/mol. The molecular weight excluding hydrogens is 224 g/mol. The van der Waals surface area contributed by atoms with Crippen LogP contribution < -0.4 is 0 Å². The number of hydrogen-bond donors (Lipinski definition) is 0. The Morgan fingerprint density at radius 1 is 1.28 bits per heavy atom. The van der Waals surface area contributed by atoms with Crippen LogP contribution in [-0.2, 0) is 13.1 Å². The van der Waals surface area contributed by atoms with E-state index in [9.17, 15) is 4.79 Å². The van der Waals surface area contributed by atoms with E-state index >= 15 is 0 Å². The van der Waals surface area contributed by atoms with Crippen molar-refractivity contribution in [2.24, 2.45) is 0 Å².